The molecule has 1 saturated heterocycles. The largest absolute Gasteiger partial charge is 0.325 e. The summed E-state index contributed by atoms with van der Waals surface area (Å²) in [6.07, 6.45) is 2.27. The van der Waals surface area contributed by atoms with Gasteiger partial charge < -0.3 is 5.32 Å². The van der Waals surface area contributed by atoms with Gasteiger partial charge in [-0.2, -0.15) is 0 Å². The number of nitrogens with one attached hydrogen (secondary N) is 2. The Bertz CT molecular complexity index is 968. The van der Waals surface area contributed by atoms with Crippen molar-refractivity contribution in [2.45, 2.75) is 44.6 Å². The summed E-state index contributed by atoms with van der Waals surface area (Å²) in [6, 6.07) is 3.48. The van der Waals surface area contributed by atoms with Crippen LogP contribution in [0.5, 0.6) is 0 Å². The highest BCUT2D eigenvalue weighted by Gasteiger charge is 2.45. The number of benzene rings is 1. The average Bonchev–Trinajstić information content (AvgIpc) is 2.96. The molecule has 156 valence electrons. The summed E-state index contributed by atoms with van der Waals surface area (Å²) in [5.74, 6) is -2.74. The van der Waals surface area contributed by atoms with Gasteiger partial charge in [0.1, 0.15) is 6.04 Å². The van der Waals surface area contributed by atoms with Crippen molar-refractivity contribution >= 4 is 35.2 Å². The molecule has 11 heteroatoms. The molecule has 0 aliphatic carbocycles. The normalized spacial score (nSPS) is 18.0. The van der Waals surface area contributed by atoms with E-state index in [1.807, 2.05) is 0 Å². The zero-order valence-corrected chi connectivity index (χ0v) is 16.1. The quantitative estimate of drug-likeness (QED) is 0.219. The molecule has 2 aliphatic heterocycles. The first-order valence-electron chi connectivity index (χ1n) is 9.59. The lowest BCUT2D eigenvalue weighted by Gasteiger charge is -2.27. The summed E-state index contributed by atoms with van der Waals surface area (Å²) in [5, 5.41) is 8.23. The highest BCUT2D eigenvalue weighted by molar-refractivity contribution is 6.26. The first kappa shape index (κ1) is 21.0. The Hall–Kier alpha value is -3.72. The van der Waals surface area contributed by atoms with Crippen molar-refractivity contribution in [2.24, 2.45) is 5.11 Å². The van der Waals surface area contributed by atoms with E-state index in [4.69, 9.17) is 5.53 Å². The summed E-state index contributed by atoms with van der Waals surface area (Å²) < 4.78 is 0. The number of nitrogens with zero attached hydrogens (tertiary/aromatic N) is 4. The van der Waals surface area contributed by atoms with Crippen LogP contribution in [0.3, 0.4) is 0 Å². The lowest BCUT2D eigenvalue weighted by atomic mass is 10.0. The summed E-state index contributed by atoms with van der Waals surface area (Å²) in [6.45, 7) is 0.372. The second-order valence-electron chi connectivity index (χ2n) is 6.99. The van der Waals surface area contributed by atoms with Crippen LogP contribution in [0.2, 0.25) is 0 Å². The number of rotatable bonds is 8. The Morgan fingerprint density at radius 3 is 2.73 bits per heavy atom. The third-order valence-corrected chi connectivity index (χ3v) is 4.97. The molecule has 1 fully saturated rings. The van der Waals surface area contributed by atoms with Gasteiger partial charge in [-0.15, -0.1) is 0 Å². The molecule has 30 heavy (non-hydrogen) atoms. The predicted octanol–water partition coefficient (Wildman–Crippen LogP) is 1.90. The van der Waals surface area contributed by atoms with Crippen molar-refractivity contribution in [2.75, 3.05) is 11.9 Å². The smallest absolute Gasteiger partial charge is 0.264 e. The van der Waals surface area contributed by atoms with Gasteiger partial charge in [0, 0.05) is 24.3 Å². The van der Waals surface area contributed by atoms with E-state index in [2.05, 4.69) is 20.7 Å². The number of azide groups is 1. The van der Waals surface area contributed by atoms with Crippen LogP contribution in [0, 0.1) is 0 Å². The summed E-state index contributed by atoms with van der Waals surface area (Å²) in [5.41, 5.74) is 8.58. The number of fused-ring (bicyclic) bond motifs is 1. The SMILES string of the molecule is [N-]=[N+]=NCCCCCC(=O)Nc1cccc2c1C(=O)N(C1CCC(=O)NC1=O)C2=O. The lowest BCUT2D eigenvalue weighted by molar-refractivity contribution is -0.136. The zero-order valence-electron chi connectivity index (χ0n) is 16.1. The molecule has 1 unspecified atom stereocenters. The summed E-state index contributed by atoms with van der Waals surface area (Å²) in [4.78, 5) is 65.0. The van der Waals surface area contributed by atoms with Crippen LogP contribution >= 0.6 is 0 Å². The third-order valence-electron chi connectivity index (χ3n) is 4.97. The van der Waals surface area contributed by atoms with Crippen LogP contribution in [0.1, 0.15) is 59.2 Å². The number of imide groups is 2. The van der Waals surface area contributed by atoms with Crippen LogP contribution in [-0.2, 0) is 14.4 Å². The zero-order chi connectivity index (χ0) is 21.7. The number of hydrogen-bond acceptors (Lipinski definition) is 6. The van der Waals surface area contributed by atoms with E-state index < -0.39 is 29.7 Å². The molecule has 1 aromatic rings. The Kier molecular flexibility index (Phi) is 6.43. The number of piperidine rings is 1. The topological polar surface area (TPSA) is 161 Å². The van der Waals surface area contributed by atoms with Crippen molar-refractivity contribution in [3.63, 3.8) is 0 Å². The van der Waals surface area contributed by atoms with E-state index in [1.54, 1.807) is 6.07 Å². The van der Waals surface area contributed by atoms with E-state index in [1.165, 1.54) is 12.1 Å². The van der Waals surface area contributed by atoms with Gasteiger partial charge in [-0.3, -0.25) is 34.2 Å². The van der Waals surface area contributed by atoms with Crippen LogP contribution in [0.25, 0.3) is 10.4 Å². The third kappa shape index (κ3) is 4.31. The molecule has 0 radical (unpaired) electrons. The number of anilines is 1. The molecule has 11 nitrogen and oxygen atoms in total. The maximum atomic E-state index is 12.9. The van der Waals surface area contributed by atoms with Gasteiger partial charge in [-0.25, -0.2) is 0 Å². The Morgan fingerprint density at radius 2 is 2.00 bits per heavy atom. The number of carbonyl (C=O) groups excluding carboxylic acids is 5. The second-order valence-corrected chi connectivity index (χ2v) is 6.99. The second kappa shape index (κ2) is 9.19. The molecular formula is C19H20N6O5. The van der Waals surface area contributed by atoms with E-state index >= 15 is 0 Å². The molecule has 0 bridgehead atoms. The molecule has 1 atom stereocenters. The van der Waals surface area contributed by atoms with Crippen molar-refractivity contribution in [3.8, 4) is 0 Å². The van der Waals surface area contributed by atoms with Crippen LogP contribution < -0.4 is 10.6 Å². The molecule has 0 saturated carbocycles. The molecule has 0 aromatic heterocycles. The molecule has 2 heterocycles. The van der Waals surface area contributed by atoms with Crippen molar-refractivity contribution in [1.29, 1.82) is 0 Å². The van der Waals surface area contributed by atoms with Gasteiger partial charge in [0.2, 0.25) is 17.7 Å². The highest BCUT2D eigenvalue weighted by atomic mass is 16.2. The van der Waals surface area contributed by atoms with Gasteiger partial charge in [-0.05, 0) is 36.9 Å². The van der Waals surface area contributed by atoms with Crippen molar-refractivity contribution in [3.05, 3.63) is 39.8 Å². The molecule has 1 aromatic carbocycles. The van der Waals surface area contributed by atoms with E-state index in [-0.39, 0.29) is 42.0 Å². The highest BCUT2D eigenvalue weighted by Crippen LogP contribution is 2.32. The van der Waals surface area contributed by atoms with Crippen LogP contribution in [0.4, 0.5) is 5.69 Å². The van der Waals surface area contributed by atoms with Gasteiger partial charge >= 0.3 is 0 Å². The fourth-order valence-corrected chi connectivity index (χ4v) is 3.52. The number of amides is 5. The fourth-order valence-electron chi connectivity index (χ4n) is 3.52. The van der Waals surface area contributed by atoms with Gasteiger partial charge in [-0.1, -0.05) is 17.6 Å². The first-order valence-corrected chi connectivity index (χ1v) is 9.59. The Labute approximate surface area is 171 Å². The number of hydrogen-bond donors (Lipinski definition) is 2. The first-order chi connectivity index (χ1) is 14.4. The van der Waals surface area contributed by atoms with Crippen molar-refractivity contribution < 1.29 is 24.0 Å². The van der Waals surface area contributed by atoms with E-state index in [9.17, 15) is 24.0 Å². The van der Waals surface area contributed by atoms with Crippen LogP contribution in [-0.4, -0.2) is 47.0 Å². The molecule has 2 aliphatic rings. The lowest BCUT2D eigenvalue weighted by Crippen LogP contribution is -2.54. The van der Waals surface area contributed by atoms with Crippen LogP contribution in [0.15, 0.2) is 23.3 Å². The average molecular weight is 412 g/mol. The van der Waals surface area contributed by atoms with E-state index in [0.717, 1.165) is 4.90 Å². The monoisotopic (exact) mass is 412 g/mol. The molecule has 0 spiro atoms. The summed E-state index contributed by atoms with van der Waals surface area (Å²) >= 11 is 0. The Morgan fingerprint density at radius 1 is 1.20 bits per heavy atom. The maximum absolute atomic E-state index is 12.9. The summed E-state index contributed by atoms with van der Waals surface area (Å²) in [7, 11) is 0. The van der Waals surface area contributed by atoms with Crippen molar-refractivity contribution in [1.82, 2.24) is 10.2 Å². The minimum absolute atomic E-state index is 0.0348. The molecule has 3 rings (SSSR count). The maximum Gasteiger partial charge on any atom is 0.264 e. The standard InChI is InChI=1S/C19H20N6O5/c20-24-21-10-3-1-2-7-14(26)22-12-6-4-5-11-16(12)19(30)25(18(11)29)13-8-9-15(27)23-17(13)28/h4-6,13H,1-3,7-10H2,(H,22,26)(H,23,27,28). The predicted molar refractivity (Wildman–Crippen MR) is 104 cm³/mol. The minimum Gasteiger partial charge on any atom is -0.325 e. The Balaban J connectivity index is 1.69. The number of carbonyl (C=O) groups is 5. The fraction of sp³-hybridized carbons (Fsp3) is 0.421. The minimum atomic E-state index is -1.06. The van der Waals surface area contributed by atoms with Gasteiger partial charge in [0.15, 0.2) is 0 Å². The molecule has 5 amide bonds. The van der Waals surface area contributed by atoms with E-state index in [0.29, 0.717) is 25.8 Å². The van der Waals surface area contributed by atoms with Gasteiger partial charge in [0.25, 0.3) is 11.8 Å². The molecule has 2 N–H and O–H groups in total. The molecular weight excluding hydrogens is 392 g/mol. The van der Waals surface area contributed by atoms with Gasteiger partial charge in [0.05, 0.1) is 16.8 Å². The number of unbranched alkanes of at least 4 members (excludes halogenated alkanes) is 2.